The molecule has 24 heavy (non-hydrogen) atoms. The van der Waals surface area contributed by atoms with Gasteiger partial charge in [-0.3, -0.25) is 4.79 Å². The Kier molecular flexibility index (Phi) is 5.08. The smallest absolute Gasteiger partial charge is 0.334 e. The Morgan fingerprint density at radius 3 is 2.29 bits per heavy atom. The van der Waals surface area contributed by atoms with Crippen LogP contribution in [-0.2, 0) is 23.5 Å². The summed E-state index contributed by atoms with van der Waals surface area (Å²) in [6.07, 6.45) is 0.737. The van der Waals surface area contributed by atoms with Gasteiger partial charge in [-0.25, -0.2) is 4.79 Å². The van der Waals surface area contributed by atoms with E-state index in [1.807, 2.05) is 6.92 Å². The van der Waals surface area contributed by atoms with Crippen LogP contribution in [0.3, 0.4) is 0 Å². The van der Waals surface area contributed by atoms with Crippen molar-refractivity contribution < 1.29 is 23.5 Å². The van der Waals surface area contributed by atoms with Crippen molar-refractivity contribution in [3.63, 3.8) is 0 Å². The average molecular weight is 357 g/mol. The molecule has 5 atom stereocenters. The van der Waals surface area contributed by atoms with E-state index in [-0.39, 0.29) is 40.3 Å². The number of rotatable bonds is 5. The summed E-state index contributed by atoms with van der Waals surface area (Å²) in [6, 6.07) is 0. The van der Waals surface area contributed by atoms with E-state index in [1.165, 1.54) is 7.11 Å². The van der Waals surface area contributed by atoms with Crippen molar-refractivity contribution in [1.82, 2.24) is 0 Å². The summed E-state index contributed by atoms with van der Waals surface area (Å²) in [6.45, 7) is 14.3. The maximum Gasteiger partial charge on any atom is 0.334 e. The third-order valence-corrected chi connectivity index (χ3v) is 10.8. The molecule has 0 aromatic carbocycles. The highest BCUT2D eigenvalue weighted by Gasteiger charge is 2.65. The van der Waals surface area contributed by atoms with E-state index in [0.717, 1.165) is 6.42 Å². The molecule has 1 saturated carbocycles. The Morgan fingerprint density at radius 1 is 1.25 bits per heavy atom. The number of esters is 1. The van der Waals surface area contributed by atoms with Crippen molar-refractivity contribution in [1.29, 1.82) is 0 Å². The SMILES string of the molecule is COC(=O)[C@H](O[Si](C)(C)C(C)(C)C)[C@@H]1C[C@@H](C(C)=O)C[C@@H]2O[C@@]21C. The van der Waals surface area contributed by atoms with E-state index in [4.69, 9.17) is 13.9 Å². The molecule has 0 radical (unpaired) electrons. The van der Waals surface area contributed by atoms with Gasteiger partial charge in [0.1, 0.15) is 11.9 Å². The van der Waals surface area contributed by atoms with Crippen LogP contribution in [0.2, 0.25) is 18.1 Å². The Hall–Kier alpha value is -0.723. The number of Topliss-reactive ketones (excluding diaryl/α,β-unsaturated/α-hetero) is 1. The molecule has 0 N–H and O–H groups in total. The second-order valence-corrected chi connectivity index (χ2v) is 13.8. The molecule has 2 aliphatic rings. The summed E-state index contributed by atoms with van der Waals surface area (Å²) in [5, 5.41) is -0.0152. The highest BCUT2D eigenvalue weighted by Crippen LogP contribution is 2.55. The number of fused-ring (bicyclic) bond motifs is 1. The molecule has 1 aliphatic heterocycles. The summed E-state index contributed by atoms with van der Waals surface area (Å²) in [5.74, 6) is -0.407. The van der Waals surface area contributed by atoms with Crippen molar-refractivity contribution in [3.05, 3.63) is 0 Å². The fourth-order valence-electron chi connectivity index (χ4n) is 3.44. The summed E-state index contributed by atoms with van der Waals surface area (Å²) in [4.78, 5) is 24.4. The van der Waals surface area contributed by atoms with Gasteiger partial charge < -0.3 is 13.9 Å². The number of carbonyl (C=O) groups is 2. The summed E-state index contributed by atoms with van der Waals surface area (Å²) in [7, 11) is -0.773. The molecule has 0 bridgehead atoms. The van der Waals surface area contributed by atoms with E-state index in [1.54, 1.807) is 6.92 Å². The first-order chi connectivity index (χ1) is 10.8. The second-order valence-electron chi connectivity index (χ2n) is 9.00. The Bertz CT molecular complexity index is 524. The highest BCUT2D eigenvalue weighted by atomic mass is 28.4. The van der Waals surface area contributed by atoms with Crippen LogP contribution in [0.5, 0.6) is 0 Å². The fourth-order valence-corrected chi connectivity index (χ4v) is 4.69. The zero-order valence-electron chi connectivity index (χ0n) is 16.3. The van der Waals surface area contributed by atoms with Crippen LogP contribution < -0.4 is 0 Å². The zero-order valence-corrected chi connectivity index (χ0v) is 17.3. The van der Waals surface area contributed by atoms with Crippen LogP contribution >= 0.6 is 0 Å². The molecule has 138 valence electrons. The van der Waals surface area contributed by atoms with Crippen LogP contribution in [0.15, 0.2) is 0 Å². The lowest BCUT2D eigenvalue weighted by Crippen LogP contribution is -2.53. The first-order valence-corrected chi connectivity index (χ1v) is 11.7. The number of carbonyl (C=O) groups excluding carboxylic acids is 2. The van der Waals surface area contributed by atoms with Gasteiger partial charge in [0.05, 0.1) is 18.8 Å². The molecule has 0 unspecified atom stereocenters. The molecule has 1 aliphatic carbocycles. The van der Waals surface area contributed by atoms with Crippen LogP contribution in [0, 0.1) is 11.8 Å². The number of ether oxygens (including phenoxy) is 2. The van der Waals surface area contributed by atoms with Crippen molar-refractivity contribution in [2.45, 2.75) is 83.4 Å². The number of methoxy groups -OCH3 is 1. The largest absolute Gasteiger partial charge is 0.467 e. The fraction of sp³-hybridized carbons (Fsp3) is 0.889. The van der Waals surface area contributed by atoms with Gasteiger partial charge in [0, 0.05) is 11.8 Å². The van der Waals surface area contributed by atoms with E-state index >= 15 is 0 Å². The van der Waals surface area contributed by atoms with Gasteiger partial charge in [-0.1, -0.05) is 20.8 Å². The molecule has 0 amide bonds. The molecule has 0 spiro atoms. The molecular weight excluding hydrogens is 324 g/mol. The van der Waals surface area contributed by atoms with Crippen LogP contribution in [0.4, 0.5) is 0 Å². The maximum atomic E-state index is 12.5. The summed E-state index contributed by atoms with van der Waals surface area (Å²) in [5.41, 5.74) is -0.382. The number of hydrogen-bond acceptors (Lipinski definition) is 5. The normalized spacial score (nSPS) is 34.2. The first kappa shape index (κ1) is 19.6. The zero-order chi connectivity index (χ0) is 18.5. The first-order valence-electron chi connectivity index (χ1n) is 8.77. The molecule has 0 aromatic rings. The lowest BCUT2D eigenvalue weighted by molar-refractivity contribution is -0.155. The quantitative estimate of drug-likeness (QED) is 0.429. The molecule has 0 aromatic heterocycles. The minimum absolute atomic E-state index is 0.0152. The number of ketones is 1. The van der Waals surface area contributed by atoms with Crippen molar-refractivity contribution in [2.24, 2.45) is 11.8 Å². The van der Waals surface area contributed by atoms with Crippen molar-refractivity contribution in [3.8, 4) is 0 Å². The standard InChI is InChI=1S/C18H32O5Si/c1-11(19)12-9-13(18(5)14(10-12)22-18)15(16(20)21-6)23-24(7,8)17(2,3)4/h12-15H,9-10H2,1-8H3/t12-,13+,14+,15-,18-/m1/s1. The van der Waals surface area contributed by atoms with E-state index in [2.05, 4.69) is 33.9 Å². The second kappa shape index (κ2) is 6.22. The molecule has 1 heterocycles. The Labute approximate surface area is 146 Å². The van der Waals surface area contributed by atoms with E-state index < -0.39 is 14.4 Å². The van der Waals surface area contributed by atoms with E-state index in [0.29, 0.717) is 6.42 Å². The molecule has 2 rings (SSSR count). The average Bonchev–Trinajstić information content (AvgIpc) is 3.13. The molecule has 2 fully saturated rings. The van der Waals surface area contributed by atoms with Crippen LogP contribution in [-0.4, -0.2) is 45.0 Å². The summed E-state index contributed by atoms with van der Waals surface area (Å²) >= 11 is 0. The lowest BCUT2D eigenvalue weighted by Gasteiger charge is -2.42. The molecular formula is C18H32O5Si. The van der Waals surface area contributed by atoms with Gasteiger partial charge in [0.2, 0.25) is 0 Å². The number of hydrogen-bond donors (Lipinski definition) is 0. The van der Waals surface area contributed by atoms with Gasteiger partial charge in [-0.15, -0.1) is 0 Å². The number of epoxide rings is 1. The minimum Gasteiger partial charge on any atom is -0.467 e. The van der Waals surface area contributed by atoms with Crippen molar-refractivity contribution >= 4 is 20.1 Å². The Morgan fingerprint density at radius 2 is 1.83 bits per heavy atom. The molecule has 6 heteroatoms. The van der Waals surface area contributed by atoms with Gasteiger partial charge >= 0.3 is 5.97 Å². The van der Waals surface area contributed by atoms with Gasteiger partial charge in [-0.2, -0.15) is 0 Å². The van der Waals surface area contributed by atoms with Gasteiger partial charge in [0.15, 0.2) is 8.32 Å². The van der Waals surface area contributed by atoms with Gasteiger partial charge in [-0.05, 0) is 44.8 Å². The van der Waals surface area contributed by atoms with Crippen molar-refractivity contribution in [2.75, 3.05) is 7.11 Å². The minimum atomic E-state index is -2.17. The van der Waals surface area contributed by atoms with E-state index in [9.17, 15) is 9.59 Å². The Balaban J connectivity index is 2.30. The highest BCUT2D eigenvalue weighted by molar-refractivity contribution is 6.74. The monoisotopic (exact) mass is 356 g/mol. The van der Waals surface area contributed by atoms with Gasteiger partial charge in [0.25, 0.3) is 0 Å². The summed E-state index contributed by atoms with van der Waals surface area (Å²) < 4.78 is 17.4. The van der Waals surface area contributed by atoms with Crippen LogP contribution in [0.25, 0.3) is 0 Å². The predicted molar refractivity (Wildman–Crippen MR) is 94.3 cm³/mol. The lowest BCUT2D eigenvalue weighted by atomic mass is 9.71. The third-order valence-electron chi connectivity index (χ3n) is 6.35. The third kappa shape index (κ3) is 3.46. The van der Waals surface area contributed by atoms with Crippen LogP contribution in [0.1, 0.15) is 47.5 Å². The maximum absolute atomic E-state index is 12.5. The topological polar surface area (TPSA) is 65.1 Å². The predicted octanol–water partition coefficient (Wildman–Crippen LogP) is 3.32. The molecule has 1 saturated heterocycles. The molecule has 5 nitrogen and oxygen atoms in total.